The van der Waals surface area contributed by atoms with Crippen LogP contribution in [0.3, 0.4) is 0 Å². The second-order valence-electron chi connectivity index (χ2n) is 11.1. The molecule has 0 unspecified atom stereocenters. The van der Waals surface area contributed by atoms with Crippen LogP contribution >= 0.6 is 0 Å². The molecule has 1 amide bonds. The number of aromatic nitrogens is 1. The van der Waals surface area contributed by atoms with Crippen molar-refractivity contribution in [1.29, 1.82) is 0 Å². The van der Waals surface area contributed by atoms with Crippen LogP contribution in [0.4, 0.5) is 27.6 Å². The summed E-state index contributed by atoms with van der Waals surface area (Å²) < 4.78 is 79.0. The van der Waals surface area contributed by atoms with Crippen LogP contribution in [-0.4, -0.2) is 34.9 Å². The number of carbonyl (C=O) groups excluding carboxylic acids is 2. The number of ether oxygens (including phenoxy) is 1. The van der Waals surface area contributed by atoms with Gasteiger partial charge in [-0.05, 0) is 69.4 Å². The summed E-state index contributed by atoms with van der Waals surface area (Å²) in [5.74, 6) is -3.75. The van der Waals surface area contributed by atoms with E-state index in [2.05, 4.69) is 10.6 Å². The Bertz CT molecular complexity index is 1640. The Morgan fingerprint density at radius 3 is 2.36 bits per heavy atom. The highest BCUT2D eigenvalue weighted by Gasteiger charge is 2.37. The number of halogens is 5. The minimum absolute atomic E-state index is 0.0324. The molecular weight excluding hydrogens is 585 g/mol. The summed E-state index contributed by atoms with van der Waals surface area (Å²) in [6, 6.07) is 4.46. The molecule has 4 rings (SSSR count). The number of hydrogen-bond acceptors (Lipinski definition) is 5. The largest absolute Gasteiger partial charge is 0.493 e. The standard InChI is InChI=1S/C32H34F5N3O4/c1-6-16(2)38-20-14-24(33)28(25(34)15-20)30(42)39-26(18(4)41)13-19-9-10-22(29-21(19)8-7-11-44-29)27-23(32(35,36)37)12-17(3)40(5)31(27)43/h9-10,12,14-16,26,38H,6-8,11,13H2,1-5H3,(H,39,42)/t16-,26-/m0/s1. The van der Waals surface area contributed by atoms with Gasteiger partial charge in [-0.15, -0.1) is 0 Å². The lowest BCUT2D eigenvalue weighted by atomic mass is 9.88. The van der Waals surface area contributed by atoms with E-state index in [4.69, 9.17) is 4.74 Å². The summed E-state index contributed by atoms with van der Waals surface area (Å²) in [4.78, 5) is 38.8. The normalized spacial score (nSPS) is 14.3. The van der Waals surface area contributed by atoms with Gasteiger partial charge in [-0.3, -0.25) is 14.4 Å². The molecule has 0 spiro atoms. The number of benzene rings is 2. The molecule has 236 valence electrons. The number of nitrogens with zero attached hydrogens (tertiary/aromatic N) is 1. The Morgan fingerprint density at radius 1 is 1.11 bits per heavy atom. The Kier molecular flexibility index (Phi) is 9.50. The van der Waals surface area contributed by atoms with E-state index >= 15 is 0 Å². The number of ketones is 1. The molecule has 2 atom stereocenters. The third-order valence-electron chi connectivity index (χ3n) is 7.93. The highest BCUT2D eigenvalue weighted by molar-refractivity contribution is 5.98. The molecule has 2 N–H and O–H groups in total. The van der Waals surface area contributed by atoms with E-state index in [0.717, 1.165) is 22.8 Å². The highest BCUT2D eigenvalue weighted by atomic mass is 19.4. The van der Waals surface area contributed by atoms with Crippen molar-refractivity contribution in [2.75, 3.05) is 11.9 Å². The lowest BCUT2D eigenvalue weighted by Crippen LogP contribution is -2.42. The van der Waals surface area contributed by atoms with Gasteiger partial charge in [0.2, 0.25) is 0 Å². The molecule has 1 aliphatic heterocycles. The molecule has 2 heterocycles. The molecule has 0 saturated heterocycles. The van der Waals surface area contributed by atoms with Crippen LogP contribution in [0.15, 0.2) is 35.1 Å². The molecule has 0 saturated carbocycles. The van der Waals surface area contributed by atoms with E-state index < -0.39 is 57.8 Å². The fourth-order valence-corrected chi connectivity index (χ4v) is 5.23. The maximum atomic E-state index is 14.9. The number of alkyl halides is 3. The smallest absolute Gasteiger partial charge is 0.417 e. The van der Waals surface area contributed by atoms with Gasteiger partial charge in [0.25, 0.3) is 11.5 Å². The predicted octanol–water partition coefficient (Wildman–Crippen LogP) is 6.12. The SMILES string of the molecule is CC[C@H](C)Nc1cc(F)c(C(=O)N[C@@H](Cc2ccc(-c3c(C(F)(F)F)cc(C)n(C)c3=O)c3c2CCCO3)C(C)=O)c(F)c1. The maximum Gasteiger partial charge on any atom is 0.417 e. The number of fused-ring (bicyclic) bond motifs is 1. The monoisotopic (exact) mass is 619 g/mol. The molecule has 0 fully saturated rings. The van der Waals surface area contributed by atoms with Gasteiger partial charge in [0.1, 0.15) is 22.9 Å². The van der Waals surface area contributed by atoms with E-state index in [0.29, 0.717) is 30.4 Å². The quantitative estimate of drug-likeness (QED) is 0.282. The van der Waals surface area contributed by atoms with Crippen molar-refractivity contribution in [3.05, 3.63) is 80.3 Å². The molecule has 1 aromatic heterocycles. The van der Waals surface area contributed by atoms with Gasteiger partial charge in [0.15, 0.2) is 5.78 Å². The van der Waals surface area contributed by atoms with Crippen LogP contribution in [-0.2, 0) is 30.9 Å². The van der Waals surface area contributed by atoms with Crippen molar-refractivity contribution in [3.63, 3.8) is 0 Å². The first-order chi connectivity index (χ1) is 20.6. The second kappa shape index (κ2) is 12.8. The number of rotatable bonds is 9. The zero-order valence-electron chi connectivity index (χ0n) is 25.0. The Balaban J connectivity index is 1.71. The molecule has 12 heteroatoms. The van der Waals surface area contributed by atoms with Crippen molar-refractivity contribution in [2.24, 2.45) is 7.05 Å². The van der Waals surface area contributed by atoms with Crippen LogP contribution < -0.4 is 20.9 Å². The zero-order chi connectivity index (χ0) is 32.5. The molecule has 0 aliphatic carbocycles. The number of Topliss-reactive ketones (excluding diaryl/α,β-unsaturated/α-hetero) is 1. The molecule has 7 nitrogen and oxygen atoms in total. The van der Waals surface area contributed by atoms with E-state index in [1.807, 2.05) is 13.8 Å². The van der Waals surface area contributed by atoms with Gasteiger partial charge < -0.3 is 19.9 Å². The van der Waals surface area contributed by atoms with Crippen LogP contribution in [0.1, 0.15) is 66.4 Å². The first-order valence-electron chi connectivity index (χ1n) is 14.3. The lowest BCUT2D eigenvalue weighted by Gasteiger charge is -2.26. The van der Waals surface area contributed by atoms with Crippen molar-refractivity contribution in [2.45, 2.75) is 71.6 Å². The topological polar surface area (TPSA) is 89.4 Å². The molecule has 44 heavy (non-hydrogen) atoms. The van der Waals surface area contributed by atoms with Gasteiger partial charge in [-0.1, -0.05) is 19.1 Å². The molecule has 0 bridgehead atoms. The Hall–Kier alpha value is -4.22. The van der Waals surface area contributed by atoms with E-state index in [-0.39, 0.29) is 41.8 Å². The predicted molar refractivity (Wildman–Crippen MR) is 156 cm³/mol. The minimum Gasteiger partial charge on any atom is -0.493 e. The first kappa shape index (κ1) is 32.7. The summed E-state index contributed by atoms with van der Waals surface area (Å²) in [6.07, 6.45) is -3.34. The van der Waals surface area contributed by atoms with Crippen molar-refractivity contribution >= 4 is 17.4 Å². The number of aryl methyl sites for hydroxylation is 1. The maximum absolute atomic E-state index is 14.9. The second-order valence-corrected chi connectivity index (χ2v) is 11.1. The summed E-state index contributed by atoms with van der Waals surface area (Å²) in [5, 5.41) is 5.34. The fourth-order valence-electron chi connectivity index (χ4n) is 5.23. The fraction of sp³-hybridized carbons (Fsp3) is 0.406. The van der Waals surface area contributed by atoms with E-state index in [9.17, 15) is 36.3 Å². The van der Waals surface area contributed by atoms with Gasteiger partial charge in [0.05, 0.1) is 23.8 Å². The lowest BCUT2D eigenvalue weighted by molar-refractivity contribution is -0.137. The van der Waals surface area contributed by atoms with E-state index in [1.165, 1.54) is 33.0 Å². The first-order valence-corrected chi connectivity index (χ1v) is 14.3. The molecular formula is C32H34F5N3O4. The average Bonchev–Trinajstić information content (AvgIpc) is 2.94. The van der Waals surface area contributed by atoms with Gasteiger partial charge in [-0.25, -0.2) is 8.78 Å². The molecule has 1 aliphatic rings. The third kappa shape index (κ3) is 6.63. The average molecular weight is 620 g/mol. The number of amides is 1. The van der Waals surface area contributed by atoms with Crippen molar-refractivity contribution in [3.8, 4) is 16.9 Å². The number of hydrogen-bond donors (Lipinski definition) is 2. The number of nitrogens with one attached hydrogen (secondary N) is 2. The number of anilines is 1. The van der Waals surface area contributed by atoms with Crippen molar-refractivity contribution in [1.82, 2.24) is 9.88 Å². The van der Waals surface area contributed by atoms with Gasteiger partial charge in [0, 0.05) is 36.5 Å². The van der Waals surface area contributed by atoms with Crippen LogP contribution in [0.2, 0.25) is 0 Å². The highest BCUT2D eigenvalue weighted by Crippen LogP contribution is 2.43. The number of pyridine rings is 1. The number of carbonyl (C=O) groups is 2. The Morgan fingerprint density at radius 2 is 1.77 bits per heavy atom. The van der Waals surface area contributed by atoms with Crippen molar-refractivity contribution < 1.29 is 36.3 Å². The molecule has 0 radical (unpaired) electrons. The summed E-state index contributed by atoms with van der Waals surface area (Å²) in [6.45, 7) is 6.54. The van der Waals surface area contributed by atoms with Gasteiger partial charge >= 0.3 is 6.18 Å². The van der Waals surface area contributed by atoms with Crippen LogP contribution in [0.25, 0.3) is 11.1 Å². The summed E-state index contributed by atoms with van der Waals surface area (Å²) in [5.41, 5.74) is -2.10. The minimum atomic E-state index is -4.81. The van der Waals surface area contributed by atoms with E-state index in [1.54, 1.807) is 0 Å². The summed E-state index contributed by atoms with van der Waals surface area (Å²) >= 11 is 0. The molecule has 2 aromatic carbocycles. The molecule has 3 aromatic rings. The summed E-state index contributed by atoms with van der Waals surface area (Å²) in [7, 11) is 1.38. The van der Waals surface area contributed by atoms with Crippen LogP contribution in [0, 0.1) is 18.6 Å². The van der Waals surface area contributed by atoms with Gasteiger partial charge in [-0.2, -0.15) is 13.2 Å². The third-order valence-corrected chi connectivity index (χ3v) is 7.93. The van der Waals surface area contributed by atoms with Crippen LogP contribution in [0.5, 0.6) is 5.75 Å². The Labute approximate surface area is 251 Å². The zero-order valence-corrected chi connectivity index (χ0v) is 25.0.